The van der Waals surface area contributed by atoms with Crippen LogP contribution in [-0.2, 0) is 23.6 Å². The van der Waals surface area contributed by atoms with E-state index in [4.69, 9.17) is 0 Å². The van der Waals surface area contributed by atoms with Crippen LogP contribution in [0, 0.1) is 0 Å². The van der Waals surface area contributed by atoms with Gasteiger partial charge in [0.15, 0.2) is 0 Å². The van der Waals surface area contributed by atoms with Crippen molar-refractivity contribution >= 4 is 39.0 Å². The number of hydrogen-bond acceptors (Lipinski definition) is 7. The molecule has 2 heterocycles. The van der Waals surface area contributed by atoms with Gasteiger partial charge in [-0.3, -0.25) is 0 Å². The topological polar surface area (TPSA) is 99.1 Å². The monoisotopic (exact) mass is 316 g/mol. The molecule has 0 atom stereocenters. The van der Waals surface area contributed by atoms with Crippen LogP contribution in [0.15, 0.2) is 0 Å². The van der Waals surface area contributed by atoms with Gasteiger partial charge in [-0.1, -0.05) is 0 Å². The van der Waals surface area contributed by atoms with Gasteiger partial charge >= 0.3 is 86.1 Å². The summed E-state index contributed by atoms with van der Waals surface area (Å²) < 4.78 is 13.7. The quantitative estimate of drug-likeness (QED) is 0.596. The molecule has 7 nitrogen and oxygen atoms in total. The Kier molecular flexibility index (Phi) is 2.10. The second-order valence-electron chi connectivity index (χ2n) is 2.84. The molecule has 0 aromatic heterocycles. The van der Waals surface area contributed by atoms with Gasteiger partial charge in [-0.25, -0.2) is 0 Å². The molecule has 8 heteroatoms. The molecule has 0 aliphatic carbocycles. The molecule has 0 spiro atoms. The molecule has 2 fully saturated rings. The molecule has 14 heavy (non-hydrogen) atoms. The fraction of sp³-hybridized carbons (Fsp3) is 0.500. The Morgan fingerprint density at radius 1 is 1.07 bits per heavy atom. The van der Waals surface area contributed by atoms with Gasteiger partial charge in [0.1, 0.15) is 0 Å². The first-order chi connectivity index (χ1) is 6.49. The Morgan fingerprint density at radius 3 is 2.07 bits per heavy atom. The van der Waals surface area contributed by atoms with Crippen LogP contribution in [0.5, 0.6) is 0 Å². The molecule has 0 saturated carbocycles. The van der Waals surface area contributed by atoms with Crippen molar-refractivity contribution in [2.75, 3.05) is 0 Å². The zero-order chi connectivity index (χ0) is 10.3. The van der Waals surface area contributed by atoms with Crippen LogP contribution in [-0.4, -0.2) is 28.6 Å². The Balaban J connectivity index is 2.39. The summed E-state index contributed by atoms with van der Waals surface area (Å²) in [6, 6.07) is 0. The van der Waals surface area contributed by atoms with Gasteiger partial charge in [-0.05, 0) is 0 Å². The number of rotatable bonds is 0. The molecule has 2 saturated heterocycles. The van der Waals surface area contributed by atoms with E-state index in [2.05, 4.69) is 9.20 Å². The molecule has 0 amide bonds. The van der Waals surface area contributed by atoms with E-state index in [0.717, 1.165) is 0 Å². The first-order valence-corrected chi connectivity index (χ1v) is 6.22. The van der Waals surface area contributed by atoms with Crippen LogP contribution >= 0.6 is 21.1 Å². The number of halogens is 1. The van der Waals surface area contributed by atoms with E-state index < -0.39 is 57.4 Å². The predicted molar refractivity (Wildman–Crippen MR) is 46.5 cm³/mol. The van der Waals surface area contributed by atoms with Gasteiger partial charge in [-0.15, -0.1) is 0 Å². The normalized spacial score (nSPS) is 27.2. The second-order valence-corrected chi connectivity index (χ2v) is 5.24. The van der Waals surface area contributed by atoms with Crippen molar-refractivity contribution in [3.05, 3.63) is 0 Å². The van der Waals surface area contributed by atoms with Crippen LogP contribution < -0.4 is 0 Å². The van der Waals surface area contributed by atoms with Crippen molar-refractivity contribution in [3.63, 3.8) is 0 Å². The van der Waals surface area contributed by atoms with Crippen LogP contribution in [0.3, 0.4) is 0 Å². The van der Waals surface area contributed by atoms with E-state index >= 15 is 0 Å². The van der Waals surface area contributed by atoms with E-state index in [9.17, 15) is 19.5 Å². The minimum atomic E-state index is -3.23. The van der Waals surface area contributed by atoms with Gasteiger partial charge in [-0.2, -0.15) is 0 Å². The van der Waals surface area contributed by atoms with Crippen molar-refractivity contribution in [2.24, 2.45) is 0 Å². The van der Waals surface area contributed by atoms with E-state index in [1.165, 1.54) is 0 Å². The van der Waals surface area contributed by atoms with E-state index in [1.54, 1.807) is 0 Å². The molecule has 78 valence electrons. The summed E-state index contributed by atoms with van der Waals surface area (Å²) in [6.45, 7) is 0. The van der Waals surface area contributed by atoms with Gasteiger partial charge in [0.05, 0.1) is 0 Å². The average molecular weight is 316 g/mol. The number of fused-ring (bicyclic) bond motifs is 3. The van der Waals surface area contributed by atoms with Crippen molar-refractivity contribution in [1.29, 1.82) is 0 Å². The Morgan fingerprint density at radius 2 is 1.57 bits per heavy atom. The summed E-state index contributed by atoms with van der Waals surface area (Å²) in [4.78, 5) is 33.2. The summed E-state index contributed by atoms with van der Waals surface area (Å²) >= 11 is -3.23. The van der Waals surface area contributed by atoms with Crippen LogP contribution in [0.2, 0.25) is 0 Å². The number of carbonyl (C=O) groups excluding carboxylic acids is 3. The van der Waals surface area contributed by atoms with Gasteiger partial charge < -0.3 is 0 Å². The van der Waals surface area contributed by atoms with E-state index in [1.807, 2.05) is 0 Å². The zero-order valence-electron chi connectivity index (χ0n) is 6.69. The first kappa shape index (κ1) is 9.65. The van der Waals surface area contributed by atoms with Gasteiger partial charge in [0.25, 0.3) is 0 Å². The minimum absolute atomic E-state index is 0.561. The molecule has 2 rings (SSSR count). The number of carbonyl (C=O) groups is 3. The third-order valence-corrected chi connectivity index (χ3v) is 4.15. The standard InChI is InChI=1S/C6H5IO7/c8-3-1-6(11)2-4(9)13-7(12-3)14-5(6)10/h11H,1-2H2. The van der Waals surface area contributed by atoms with Crippen LogP contribution in [0.1, 0.15) is 12.8 Å². The number of hydrogen-bond donors (Lipinski definition) is 1. The second kappa shape index (κ2) is 3.05. The molecule has 0 aromatic rings. The summed E-state index contributed by atoms with van der Waals surface area (Å²) in [6.07, 6.45) is -1.12. The van der Waals surface area contributed by atoms with Crippen LogP contribution in [0.25, 0.3) is 0 Å². The summed E-state index contributed by atoms with van der Waals surface area (Å²) in [5, 5.41) is 9.64. The summed E-state index contributed by atoms with van der Waals surface area (Å²) in [5.41, 5.74) is -2.11. The first-order valence-electron chi connectivity index (χ1n) is 3.58. The zero-order valence-corrected chi connectivity index (χ0v) is 8.85. The SMILES string of the molecule is O=C1CC2(O)CC(=O)OI(O1)OC2=O. The molecule has 2 aliphatic rings. The molecule has 0 unspecified atom stereocenters. The summed E-state index contributed by atoms with van der Waals surface area (Å²) in [7, 11) is 0. The van der Waals surface area contributed by atoms with Crippen molar-refractivity contribution < 1.29 is 28.7 Å². The Bertz CT molecular complexity index is 304. The Labute approximate surface area is 86.3 Å². The molecule has 2 aliphatic heterocycles. The van der Waals surface area contributed by atoms with Gasteiger partial charge in [0.2, 0.25) is 0 Å². The third-order valence-electron chi connectivity index (χ3n) is 1.68. The molecule has 0 radical (unpaired) electrons. The number of aliphatic hydroxyl groups is 1. The maximum atomic E-state index is 11.2. The fourth-order valence-electron chi connectivity index (χ4n) is 1.06. The predicted octanol–water partition coefficient (Wildman–Crippen LogP) is -0.594. The molecule has 1 N–H and O–H groups in total. The summed E-state index contributed by atoms with van der Waals surface area (Å²) in [5.74, 6) is -2.58. The van der Waals surface area contributed by atoms with Crippen molar-refractivity contribution in [1.82, 2.24) is 0 Å². The average Bonchev–Trinajstić information content (AvgIpc) is 2.13. The Hall–Kier alpha value is -0.900. The molecular formula is C6H5IO7. The molecule has 2 bridgehead atoms. The maximum absolute atomic E-state index is 11.2. The van der Waals surface area contributed by atoms with E-state index in [-0.39, 0.29) is 0 Å². The molecular weight excluding hydrogens is 311 g/mol. The molecule has 0 aromatic carbocycles. The van der Waals surface area contributed by atoms with E-state index in [0.29, 0.717) is 0 Å². The van der Waals surface area contributed by atoms with Gasteiger partial charge in [0, 0.05) is 0 Å². The fourth-order valence-corrected chi connectivity index (χ4v) is 3.18. The van der Waals surface area contributed by atoms with Crippen LogP contribution in [0.4, 0.5) is 0 Å². The third kappa shape index (κ3) is 1.54. The van der Waals surface area contributed by atoms with Crippen molar-refractivity contribution in [2.45, 2.75) is 18.4 Å². The van der Waals surface area contributed by atoms with Crippen molar-refractivity contribution in [3.8, 4) is 0 Å².